The van der Waals surface area contributed by atoms with Crippen LogP contribution in [0.4, 0.5) is 0 Å². The van der Waals surface area contributed by atoms with Crippen LogP contribution in [-0.4, -0.2) is 17.7 Å². The monoisotopic (exact) mass is 162 g/mol. The van der Waals surface area contributed by atoms with Gasteiger partial charge in [0.05, 0.1) is 11.6 Å². The zero-order valence-corrected chi connectivity index (χ0v) is 6.02. The molecule has 3 nitrogen and oxygen atoms in total. The van der Waals surface area contributed by atoms with Gasteiger partial charge in [-0.05, 0) is 12.8 Å². The summed E-state index contributed by atoms with van der Waals surface area (Å²) in [4.78, 5) is 10.3. The van der Waals surface area contributed by atoms with Gasteiger partial charge < -0.3 is 9.84 Å². The number of hydrogen-bond donors (Lipinski definition) is 1. The molecule has 1 heterocycles. The number of ether oxygens (including phenoxy) is 1. The van der Waals surface area contributed by atoms with E-state index in [1.165, 1.54) is 0 Å². The molecule has 0 aromatic heterocycles. The third-order valence-electron chi connectivity index (χ3n) is 1.23. The molecule has 0 radical (unpaired) electrons. The second-order valence-corrected chi connectivity index (χ2v) is 2.45. The van der Waals surface area contributed by atoms with Gasteiger partial charge in [0.1, 0.15) is 0 Å². The lowest BCUT2D eigenvalue weighted by atomic mass is 10.2. The Morgan fingerprint density at radius 2 is 2.40 bits per heavy atom. The molecule has 0 amide bonds. The Hall–Kier alpha value is -0.700. The summed E-state index contributed by atoms with van der Waals surface area (Å²) in [5, 5.41) is 8.76. The van der Waals surface area contributed by atoms with Gasteiger partial charge in [-0.25, -0.2) is 4.79 Å². The lowest BCUT2D eigenvalue weighted by Crippen LogP contribution is -2.12. The minimum Gasteiger partial charge on any atom is -0.486 e. The van der Waals surface area contributed by atoms with Gasteiger partial charge in [-0.3, -0.25) is 0 Å². The highest BCUT2D eigenvalue weighted by molar-refractivity contribution is 6.31. The van der Waals surface area contributed by atoms with Crippen LogP contribution in [-0.2, 0) is 9.53 Å². The zero-order valence-electron chi connectivity index (χ0n) is 5.26. The molecule has 0 bridgehead atoms. The molecule has 0 unspecified atom stereocenters. The fourth-order valence-corrected chi connectivity index (χ4v) is 1.04. The Balaban J connectivity index is 2.78. The summed E-state index contributed by atoms with van der Waals surface area (Å²) in [7, 11) is 0. The first-order valence-corrected chi connectivity index (χ1v) is 3.34. The van der Waals surface area contributed by atoms with Gasteiger partial charge in [0.25, 0.3) is 0 Å². The zero-order chi connectivity index (χ0) is 7.56. The van der Waals surface area contributed by atoms with Crippen molar-refractivity contribution in [2.45, 2.75) is 12.8 Å². The van der Waals surface area contributed by atoms with Gasteiger partial charge in [0.15, 0.2) is 0 Å². The van der Waals surface area contributed by atoms with Crippen molar-refractivity contribution in [2.24, 2.45) is 0 Å². The van der Waals surface area contributed by atoms with Gasteiger partial charge in [0, 0.05) is 0 Å². The van der Waals surface area contributed by atoms with E-state index in [9.17, 15) is 4.79 Å². The summed E-state index contributed by atoms with van der Waals surface area (Å²) in [6.45, 7) is 0.456. The topological polar surface area (TPSA) is 46.5 Å². The number of carboxylic acid groups (broad SMARTS) is 1. The van der Waals surface area contributed by atoms with Crippen molar-refractivity contribution >= 4 is 17.6 Å². The van der Waals surface area contributed by atoms with Crippen molar-refractivity contribution in [1.82, 2.24) is 0 Å². The molecule has 0 aliphatic carbocycles. The van der Waals surface area contributed by atoms with Gasteiger partial charge in [-0.2, -0.15) is 0 Å². The Morgan fingerprint density at radius 1 is 1.70 bits per heavy atom. The third kappa shape index (κ3) is 1.42. The summed E-state index contributed by atoms with van der Waals surface area (Å²) < 4.78 is 4.80. The predicted molar refractivity (Wildman–Crippen MR) is 35.7 cm³/mol. The Labute approximate surface area is 63.2 Å². The lowest BCUT2D eigenvalue weighted by Gasteiger charge is -2.13. The largest absolute Gasteiger partial charge is 0.486 e. The van der Waals surface area contributed by atoms with Crippen molar-refractivity contribution < 1.29 is 14.6 Å². The summed E-state index contributed by atoms with van der Waals surface area (Å²) in [5.41, 5.74) is 0. The number of halogens is 1. The Kier molecular flexibility index (Phi) is 2.17. The van der Waals surface area contributed by atoms with Gasteiger partial charge in [0.2, 0.25) is 5.76 Å². The lowest BCUT2D eigenvalue weighted by molar-refractivity contribution is -0.137. The van der Waals surface area contributed by atoms with Gasteiger partial charge in [-0.1, -0.05) is 11.6 Å². The van der Waals surface area contributed by atoms with E-state index in [0.717, 1.165) is 6.42 Å². The van der Waals surface area contributed by atoms with Crippen LogP contribution in [0.25, 0.3) is 0 Å². The van der Waals surface area contributed by atoms with E-state index in [0.29, 0.717) is 18.1 Å². The standard InChI is InChI=1S/C6H7ClO3/c7-4-2-1-3-10-5(4)6(8)9/h1-3H2,(H,8,9). The fourth-order valence-electron chi connectivity index (χ4n) is 0.771. The van der Waals surface area contributed by atoms with E-state index in [-0.39, 0.29) is 5.76 Å². The third-order valence-corrected chi connectivity index (χ3v) is 1.59. The van der Waals surface area contributed by atoms with Gasteiger partial charge in [-0.15, -0.1) is 0 Å². The highest BCUT2D eigenvalue weighted by Gasteiger charge is 2.18. The Morgan fingerprint density at radius 3 is 2.80 bits per heavy atom. The number of aliphatic carboxylic acids is 1. The number of carbonyl (C=O) groups is 1. The number of allylic oxidation sites excluding steroid dienone is 1. The van der Waals surface area contributed by atoms with Crippen LogP contribution in [0.3, 0.4) is 0 Å². The van der Waals surface area contributed by atoms with Crippen LogP contribution in [0.5, 0.6) is 0 Å². The minimum absolute atomic E-state index is 0.0899. The molecule has 0 saturated heterocycles. The molecule has 1 aliphatic heterocycles. The smallest absolute Gasteiger partial charge is 0.372 e. The van der Waals surface area contributed by atoms with Crippen molar-refractivity contribution in [3.05, 3.63) is 10.8 Å². The molecule has 1 N–H and O–H groups in total. The Bertz CT molecular complexity index is 185. The van der Waals surface area contributed by atoms with Crippen LogP contribution in [0, 0.1) is 0 Å². The van der Waals surface area contributed by atoms with E-state index >= 15 is 0 Å². The van der Waals surface area contributed by atoms with Crippen LogP contribution in [0.1, 0.15) is 12.8 Å². The fraction of sp³-hybridized carbons (Fsp3) is 0.500. The SMILES string of the molecule is O=C(O)C1=C(Cl)CCCO1. The average molecular weight is 163 g/mol. The molecule has 0 aromatic carbocycles. The number of hydrogen-bond acceptors (Lipinski definition) is 2. The van der Waals surface area contributed by atoms with Crippen molar-refractivity contribution in [1.29, 1.82) is 0 Å². The average Bonchev–Trinajstić information content (AvgIpc) is 1.88. The molecule has 1 rings (SSSR count). The summed E-state index contributed by atoms with van der Waals surface area (Å²) in [6, 6.07) is 0. The first kappa shape index (κ1) is 7.41. The maximum atomic E-state index is 10.3. The summed E-state index contributed by atoms with van der Waals surface area (Å²) in [5.74, 6) is -1.17. The maximum Gasteiger partial charge on any atom is 0.372 e. The van der Waals surface area contributed by atoms with Crippen LogP contribution in [0.2, 0.25) is 0 Å². The molecule has 10 heavy (non-hydrogen) atoms. The molecule has 0 atom stereocenters. The highest BCUT2D eigenvalue weighted by Crippen LogP contribution is 2.21. The van der Waals surface area contributed by atoms with Crippen molar-refractivity contribution in [3.63, 3.8) is 0 Å². The molecule has 0 fully saturated rings. The summed E-state index contributed by atoms with van der Waals surface area (Å²) >= 11 is 5.55. The minimum atomic E-state index is -1.08. The maximum absolute atomic E-state index is 10.3. The number of carboxylic acids is 1. The van der Waals surface area contributed by atoms with E-state index in [4.69, 9.17) is 21.4 Å². The molecule has 0 spiro atoms. The van der Waals surface area contributed by atoms with E-state index in [1.807, 2.05) is 0 Å². The molecular formula is C6H7ClO3. The molecule has 1 aliphatic rings. The highest BCUT2D eigenvalue weighted by atomic mass is 35.5. The normalized spacial score (nSPS) is 18.5. The van der Waals surface area contributed by atoms with Crippen LogP contribution < -0.4 is 0 Å². The molecule has 0 saturated carbocycles. The quantitative estimate of drug-likeness (QED) is 0.633. The van der Waals surface area contributed by atoms with E-state index in [2.05, 4.69) is 0 Å². The van der Waals surface area contributed by atoms with E-state index < -0.39 is 5.97 Å². The first-order chi connectivity index (χ1) is 4.72. The number of rotatable bonds is 1. The molecule has 56 valence electrons. The van der Waals surface area contributed by atoms with Crippen LogP contribution >= 0.6 is 11.6 Å². The van der Waals surface area contributed by atoms with Crippen molar-refractivity contribution in [3.8, 4) is 0 Å². The van der Waals surface area contributed by atoms with Crippen molar-refractivity contribution in [2.75, 3.05) is 6.61 Å². The first-order valence-electron chi connectivity index (χ1n) is 2.96. The van der Waals surface area contributed by atoms with Gasteiger partial charge >= 0.3 is 5.97 Å². The second-order valence-electron chi connectivity index (χ2n) is 1.99. The predicted octanol–water partition coefficient (Wildman–Crippen LogP) is 1.33. The molecule has 0 aromatic rings. The molecule has 4 heteroatoms. The molecular weight excluding hydrogens is 156 g/mol. The summed E-state index contributed by atoms with van der Waals surface area (Å²) in [6.07, 6.45) is 1.42. The second kappa shape index (κ2) is 2.92. The van der Waals surface area contributed by atoms with E-state index in [1.54, 1.807) is 0 Å². The van der Waals surface area contributed by atoms with Crippen LogP contribution in [0.15, 0.2) is 10.8 Å².